The monoisotopic (exact) mass is 412 g/mol. The molecule has 3 rings (SSSR count). The maximum Gasteiger partial charge on any atom is 0.339 e. The van der Waals surface area contributed by atoms with Crippen LogP contribution in [-0.2, 0) is 16.0 Å². The Morgan fingerprint density at radius 3 is 2.59 bits per heavy atom. The Hall–Kier alpha value is -3.12. The van der Waals surface area contributed by atoms with Gasteiger partial charge in [0.05, 0.1) is 18.2 Å². The Labute approximate surface area is 173 Å². The van der Waals surface area contributed by atoms with E-state index >= 15 is 0 Å². The molecular formula is C22H21ClN2O4. The number of nitrogens with one attached hydrogen (secondary N) is 1. The molecule has 1 N–H and O–H groups in total. The molecule has 0 aliphatic heterocycles. The van der Waals surface area contributed by atoms with Crippen LogP contribution < -0.4 is 10.1 Å². The second-order valence-electron chi connectivity index (χ2n) is 6.45. The van der Waals surface area contributed by atoms with Crippen LogP contribution in [0.3, 0.4) is 0 Å². The van der Waals surface area contributed by atoms with Crippen molar-refractivity contribution in [2.75, 3.05) is 13.7 Å². The summed E-state index contributed by atoms with van der Waals surface area (Å²) in [6.45, 7) is 1.96. The molecule has 0 saturated carbocycles. The predicted octanol–water partition coefficient (Wildman–Crippen LogP) is 3.80. The Kier molecular flexibility index (Phi) is 6.67. The maximum absolute atomic E-state index is 12.6. The molecule has 0 unspecified atom stereocenters. The number of amides is 1. The molecule has 2 aromatic carbocycles. The van der Waals surface area contributed by atoms with E-state index in [4.69, 9.17) is 21.1 Å². The highest BCUT2D eigenvalue weighted by molar-refractivity contribution is 6.30. The van der Waals surface area contributed by atoms with E-state index in [1.54, 1.807) is 31.4 Å². The summed E-state index contributed by atoms with van der Waals surface area (Å²) in [5.74, 6) is -0.207. The first-order valence-electron chi connectivity index (χ1n) is 9.15. The average Bonchev–Trinajstić information content (AvgIpc) is 2.73. The zero-order valence-electron chi connectivity index (χ0n) is 16.1. The van der Waals surface area contributed by atoms with Crippen LogP contribution >= 0.6 is 11.6 Å². The standard InChI is InChI=1S/C22H21ClN2O4/c1-14(21(26)24-12-11-15-7-9-16(28-2)10-8-15)29-22(27)18-13-20(23)25-19-6-4-3-5-17(18)19/h3-10,13-14H,11-12H2,1-2H3,(H,24,26)/t14-/m0/s1. The Bertz CT molecular complexity index is 1020. The number of rotatable bonds is 7. The van der Waals surface area contributed by atoms with Gasteiger partial charge in [0.1, 0.15) is 10.9 Å². The van der Waals surface area contributed by atoms with E-state index in [1.807, 2.05) is 24.3 Å². The van der Waals surface area contributed by atoms with Crippen LogP contribution in [0.4, 0.5) is 0 Å². The number of fused-ring (bicyclic) bond motifs is 1. The number of ether oxygens (including phenoxy) is 2. The van der Waals surface area contributed by atoms with Crippen molar-refractivity contribution in [1.82, 2.24) is 10.3 Å². The van der Waals surface area contributed by atoms with Crippen LogP contribution in [0.15, 0.2) is 54.6 Å². The number of carbonyl (C=O) groups excluding carboxylic acids is 2. The van der Waals surface area contributed by atoms with Crippen molar-refractivity contribution < 1.29 is 19.1 Å². The zero-order valence-corrected chi connectivity index (χ0v) is 16.9. The lowest BCUT2D eigenvalue weighted by Gasteiger charge is -2.14. The molecule has 1 aromatic heterocycles. The van der Waals surface area contributed by atoms with Gasteiger partial charge in [-0.15, -0.1) is 0 Å². The van der Waals surface area contributed by atoms with Crippen molar-refractivity contribution in [3.8, 4) is 5.75 Å². The van der Waals surface area contributed by atoms with E-state index in [0.29, 0.717) is 23.9 Å². The third-order valence-electron chi connectivity index (χ3n) is 4.43. The number of aromatic nitrogens is 1. The lowest BCUT2D eigenvalue weighted by molar-refractivity contribution is -0.129. The van der Waals surface area contributed by atoms with E-state index in [0.717, 1.165) is 11.3 Å². The molecule has 6 nitrogen and oxygen atoms in total. The zero-order chi connectivity index (χ0) is 20.8. The van der Waals surface area contributed by atoms with Gasteiger partial charge in [-0.3, -0.25) is 4.79 Å². The van der Waals surface area contributed by atoms with Crippen molar-refractivity contribution in [3.63, 3.8) is 0 Å². The molecule has 0 fully saturated rings. The Morgan fingerprint density at radius 2 is 1.86 bits per heavy atom. The number of methoxy groups -OCH3 is 1. The molecule has 1 atom stereocenters. The van der Waals surface area contributed by atoms with Crippen LogP contribution in [0, 0.1) is 0 Å². The third kappa shape index (κ3) is 5.23. The molecule has 1 amide bonds. The molecule has 0 radical (unpaired) electrons. The summed E-state index contributed by atoms with van der Waals surface area (Å²) in [5, 5.41) is 3.59. The highest BCUT2D eigenvalue weighted by Crippen LogP contribution is 2.22. The fraction of sp³-hybridized carbons (Fsp3) is 0.227. The van der Waals surface area contributed by atoms with Gasteiger partial charge in [0.2, 0.25) is 0 Å². The topological polar surface area (TPSA) is 77.5 Å². The fourth-order valence-electron chi connectivity index (χ4n) is 2.86. The first-order chi connectivity index (χ1) is 14.0. The van der Waals surface area contributed by atoms with Crippen molar-refractivity contribution in [1.29, 1.82) is 0 Å². The number of para-hydroxylation sites is 1. The molecule has 150 valence electrons. The lowest BCUT2D eigenvalue weighted by atomic mass is 10.1. The number of halogens is 1. The van der Waals surface area contributed by atoms with Crippen molar-refractivity contribution in [2.24, 2.45) is 0 Å². The van der Waals surface area contributed by atoms with Gasteiger partial charge in [-0.1, -0.05) is 41.9 Å². The normalized spacial score (nSPS) is 11.7. The molecular weight excluding hydrogens is 392 g/mol. The lowest BCUT2D eigenvalue weighted by Crippen LogP contribution is -2.37. The van der Waals surface area contributed by atoms with Gasteiger partial charge in [0, 0.05) is 11.9 Å². The number of hydrogen-bond acceptors (Lipinski definition) is 5. The minimum Gasteiger partial charge on any atom is -0.497 e. The smallest absolute Gasteiger partial charge is 0.339 e. The predicted molar refractivity (Wildman–Crippen MR) is 111 cm³/mol. The second kappa shape index (κ2) is 9.39. The van der Waals surface area contributed by atoms with Crippen molar-refractivity contribution >= 4 is 34.4 Å². The molecule has 3 aromatic rings. The van der Waals surface area contributed by atoms with Crippen LogP contribution in [0.25, 0.3) is 10.9 Å². The summed E-state index contributed by atoms with van der Waals surface area (Å²) < 4.78 is 10.5. The van der Waals surface area contributed by atoms with Crippen molar-refractivity contribution in [3.05, 3.63) is 70.9 Å². The highest BCUT2D eigenvalue weighted by Gasteiger charge is 2.21. The van der Waals surface area contributed by atoms with E-state index in [1.165, 1.54) is 13.0 Å². The van der Waals surface area contributed by atoms with E-state index in [-0.39, 0.29) is 16.6 Å². The summed E-state index contributed by atoms with van der Waals surface area (Å²) in [7, 11) is 1.61. The van der Waals surface area contributed by atoms with Gasteiger partial charge < -0.3 is 14.8 Å². The Balaban J connectivity index is 1.57. The third-order valence-corrected chi connectivity index (χ3v) is 4.62. The molecule has 0 aliphatic carbocycles. The van der Waals surface area contributed by atoms with E-state index in [9.17, 15) is 9.59 Å². The minimum atomic E-state index is -0.941. The summed E-state index contributed by atoms with van der Waals surface area (Å²) in [4.78, 5) is 29.0. The summed E-state index contributed by atoms with van der Waals surface area (Å²) in [6, 6.07) is 16.2. The average molecular weight is 413 g/mol. The molecule has 0 saturated heterocycles. The van der Waals surface area contributed by atoms with E-state index in [2.05, 4.69) is 10.3 Å². The van der Waals surface area contributed by atoms with Gasteiger partial charge in [-0.2, -0.15) is 0 Å². The summed E-state index contributed by atoms with van der Waals surface area (Å²) in [5.41, 5.74) is 1.93. The van der Waals surface area contributed by atoms with Crippen LogP contribution in [0.1, 0.15) is 22.8 Å². The van der Waals surface area contributed by atoms with Crippen LogP contribution in [0.2, 0.25) is 5.15 Å². The fourth-order valence-corrected chi connectivity index (χ4v) is 3.06. The first kappa shape index (κ1) is 20.6. The van der Waals surface area contributed by atoms with Gasteiger partial charge in [0.15, 0.2) is 6.10 Å². The first-order valence-corrected chi connectivity index (χ1v) is 9.52. The highest BCUT2D eigenvalue weighted by atomic mass is 35.5. The van der Waals surface area contributed by atoms with Crippen LogP contribution in [0.5, 0.6) is 5.75 Å². The SMILES string of the molecule is COc1ccc(CCNC(=O)[C@H](C)OC(=O)c2cc(Cl)nc3ccccc23)cc1. The number of esters is 1. The molecule has 29 heavy (non-hydrogen) atoms. The maximum atomic E-state index is 12.6. The number of pyridine rings is 1. The minimum absolute atomic E-state index is 0.187. The molecule has 0 bridgehead atoms. The van der Waals surface area contributed by atoms with Gasteiger partial charge in [0.25, 0.3) is 5.91 Å². The number of benzene rings is 2. The molecule has 7 heteroatoms. The molecule has 1 heterocycles. The van der Waals surface area contributed by atoms with Gasteiger partial charge in [-0.05, 0) is 43.2 Å². The van der Waals surface area contributed by atoms with Gasteiger partial charge in [-0.25, -0.2) is 9.78 Å². The van der Waals surface area contributed by atoms with Crippen LogP contribution in [-0.4, -0.2) is 36.6 Å². The number of carbonyl (C=O) groups is 2. The number of hydrogen-bond donors (Lipinski definition) is 1. The molecule has 0 aliphatic rings. The molecule has 0 spiro atoms. The summed E-state index contributed by atoms with van der Waals surface area (Å²) >= 11 is 6.01. The van der Waals surface area contributed by atoms with Crippen molar-refractivity contribution in [2.45, 2.75) is 19.4 Å². The quantitative estimate of drug-likeness (QED) is 0.471. The summed E-state index contributed by atoms with van der Waals surface area (Å²) in [6.07, 6.45) is -0.287. The largest absolute Gasteiger partial charge is 0.497 e. The second-order valence-corrected chi connectivity index (χ2v) is 6.83. The Morgan fingerprint density at radius 1 is 1.14 bits per heavy atom. The van der Waals surface area contributed by atoms with E-state index < -0.39 is 12.1 Å². The number of nitrogens with zero attached hydrogens (tertiary/aromatic N) is 1. The van der Waals surface area contributed by atoms with Gasteiger partial charge >= 0.3 is 5.97 Å².